The Morgan fingerprint density at radius 1 is 1.05 bits per heavy atom. The second-order valence-corrected chi connectivity index (χ2v) is 5.95. The zero-order valence-electron chi connectivity index (χ0n) is 11.4. The number of anilines is 1. The molecule has 1 amide bonds. The summed E-state index contributed by atoms with van der Waals surface area (Å²) in [6, 6.07) is 10.5. The van der Waals surface area contributed by atoms with E-state index in [0.29, 0.717) is 22.7 Å². The summed E-state index contributed by atoms with van der Waals surface area (Å²) in [6.45, 7) is 0. The molecule has 0 heterocycles. The highest BCUT2D eigenvalue weighted by molar-refractivity contribution is 9.10. The summed E-state index contributed by atoms with van der Waals surface area (Å²) in [6.07, 6.45) is 0. The van der Waals surface area contributed by atoms with Crippen molar-refractivity contribution < 1.29 is 14.3 Å². The monoisotopic (exact) mass is 413 g/mol. The molecule has 0 atom stereocenters. The lowest BCUT2D eigenvalue weighted by atomic mass is 10.2. The lowest BCUT2D eigenvalue weighted by Crippen LogP contribution is -2.12. The van der Waals surface area contributed by atoms with Crippen molar-refractivity contribution in [3.8, 4) is 11.5 Å². The third kappa shape index (κ3) is 3.98. The second kappa shape index (κ2) is 6.95. The topological polar surface area (TPSA) is 47.6 Å². The summed E-state index contributed by atoms with van der Waals surface area (Å²) in [5.74, 6) is 1.13. The van der Waals surface area contributed by atoms with E-state index in [0.717, 1.165) is 8.95 Å². The first-order valence-electron chi connectivity index (χ1n) is 6.03. The predicted molar refractivity (Wildman–Crippen MR) is 89.3 cm³/mol. The Balaban J connectivity index is 2.21. The molecule has 2 rings (SSSR count). The molecule has 0 saturated heterocycles. The number of methoxy groups -OCH3 is 2. The van der Waals surface area contributed by atoms with Gasteiger partial charge in [-0.2, -0.15) is 0 Å². The maximum atomic E-state index is 12.2. The molecular formula is C15H13Br2NO3. The van der Waals surface area contributed by atoms with E-state index in [-0.39, 0.29) is 5.91 Å². The van der Waals surface area contributed by atoms with Crippen LogP contribution >= 0.6 is 31.9 Å². The Kier molecular flexibility index (Phi) is 5.25. The molecule has 110 valence electrons. The van der Waals surface area contributed by atoms with Crippen molar-refractivity contribution in [3.63, 3.8) is 0 Å². The van der Waals surface area contributed by atoms with Crippen LogP contribution in [0.15, 0.2) is 45.3 Å². The molecule has 1 N–H and O–H groups in total. The molecule has 21 heavy (non-hydrogen) atoms. The van der Waals surface area contributed by atoms with Crippen LogP contribution in [0.1, 0.15) is 10.4 Å². The van der Waals surface area contributed by atoms with Gasteiger partial charge in [-0.05, 0) is 46.3 Å². The minimum Gasteiger partial charge on any atom is -0.497 e. The SMILES string of the molecule is COc1cc(Br)cc(NC(=O)c2ccc(OC)c(Br)c2)c1. The quantitative estimate of drug-likeness (QED) is 0.802. The van der Waals surface area contributed by atoms with Crippen LogP contribution in [0.4, 0.5) is 5.69 Å². The first-order valence-corrected chi connectivity index (χ1v) is 7.61. The molecule has 6 heteroatoms. The first kappa shape index (κ1) is 15.9. The zero-order chi connectivity index (χ0) is 15.4. The van der Waals surface area contributed by atoms with Gasteiger partial charge in [-0.1, -0.05) is 15.9 Å². The first-order chi connectivity index (χ1) is 10.0. The normalized spacial score (nSPS) is 10.1. The number of carbonyl (C=O) groups is 1. The number of nitrogens with one attached hydrogen (secondary N) is 1. The molecule has 0 fully saturated rings. The van der Waals surface area contributed by atoms with Gasteiger partial charge in [0.1, 0.15) is 11.5 Å². The highest BCUT2D eigenvalue weighted by atomic mass is 79.9. The Bertz CT molecular complexity index is 674. The standard InChI is InChI=1S/C15H13Br2NO3/c1-20-12-7-10(16)6-11(8-12)18-15(19)9-3-4-14(21-2)13(17)5-9/h3-8H,1-2H3,(H,18,19). The van der Waals surface area contributed by atoms with Crippen LogP contribution < -0.4 is 14.8 Å². The smallest absolute Gasteiger partial charge is 0.255 e. The largest absolute Gasteiger partial charge is 0.497 e. The van der Waals surface area contributed by atoms with Gasteiger partial charge in [0.25, 0.3) is 5.91 Å². The highest BCUT2D eigenvalue weighted by Crippen LogP contribution is 2.27. The van der Waals surface area contributed by atoms with Gasteiger partial charge in [0.2, 0.25) is 0 Å². The van der Waals surface area contributed by atoms with Gasteiger partial charge in [-0.15, -0.1) is 0 Å². The summed E-state index contributed by atoms with van der Waals surface area (Å²) in [5.41, 5.74) is 1.18. The van der Waals surface area contributed by atoms with E-state index in [9.17, 15) is 4.79 Å². The number of hydrogen-bond donors (Lipinski definition) is 1. The highest BCUT2D eigenvalue weighted by Gasteiger charge is 2.10. The van der Waals surface area contributed by atoms with Crippen molar-refractivity contribution >= 4 is 43.5 Å². The van der Waals surface area contributed by atoms with Crippen molar-refractivity contribution in [2.45, 2.75) is 0 Å². The van der Waals surface area contributed by atoms with E-state index in [4.69, 9.17) is 9.47 Å². The summed E-state index contributed by atoms with van der Waals surface area (Å²) >= 11 is 6.74. The van der Waals surface area contributed by atoms with Crippen molar-refractivity contribution in [1.82, 2.24) is 0 Å². The average Bonchev–Trinajstić information content (AvgIpc) is 2.46. The molecule has 0 radical (unpaired) electrons. The Labute approximate surface area is 139 Å². The van der Waals surface area contributed by atoms with E-state index in [1.54, 1.807) is 44.6 Å². The van der Waals surface area contributed by atoms with Crippen LogP contribution in [0, 0.1) is 0 Å². The van der Waals surface area contributed by atoms with Crippen LogP contribution in [0.3, 0.4) is 0 Å². The predicted octanol–water partition coefficient (Wildman–Crippen LogP) is 4.48. The van der Waals surface area contributed by atoms with Gasteiger partial charge >= 0.3 is 0 Å². The lowest BCUT2D eigenvalue weighted by Gasteiger charge is -2.09. The van der Waals surface area contributed by atoms with Gasteiger partial charge in [-0.3, -0.25) is 4.79 Å². The molecule has 0 saturated carbocycles. The second-order valence-electron chi connectivity index (χ2n) is 4.18. The number of ether oxygens (including phenoxy) is 2. The Morgan fingerprint density at radius 3 is 2.43 bits per heavy atom. The van der Waals surface area contributed by atoms with E-state index >= 15 is 0 Å². The van der Waals surface area contributed by atoms with Gasteiger partial charge in [-0.25, -0.2) is 0 Å². The molecular weight excluding hydrogens is 402 g/mol. The zero-order valence-corrected chi connectivity index (χ0v) is 14.6. The molecule has 0 aromatic heterocycles. The molecule has 0 bridgehead atoms. The lowest BCUT2D eigenvalue weighted by molar-refractivity contribution is 0.102. The van der Waals surface area contributed by atoms with E-state index in [1.807, 2.05) is 6.07 Å². The molecule has 2 aromatic rings. The molecule has 0 spiro atoms. The van der Waals surface area contributed by atoms with Crippen LogP contribution in [0.5, 0.6) is 11.5 Å². The van der Waals surface area contributed by atoms with Gasteiger partial charge in [0, 0.05) is 21.8 Å². The minimum atomic E-state index is -0.210. The van der Waals surface area contributed by atoms with Crippen LogP contribution in [-0.2, 0) is 0 Å². The third-order valence-electron chi connectivity index (χ3n) is 2.78. The van der Waals surface area contributed by atoms with Crippen molar-refractivity contribution in [2.24, 2.45) is 0 Å². The van der Waals surface area contributed by atoms with Crippen molar-refractivity contribution in [2.75, 3.05) is 19.5 Å². The van der Waals surface area contributed by atoms with E-state index < -0.39 is 0 Å². The molecule has 0 aliphatic carbocycles. The van der Waals surface area contributed by atoms with Crippen LogP contribution in [0.25, 0.3) is 0 Å². The van der Waals surface area contributed by atoms with Crippen LogP contribution in [0.2, 0.25) is 0 Å². The molecule has 0 aliphatic heterocycles. The Morgan fingerprint density at radius 2 is 1.81 bits per heavy atom. The summed E-state index contributed by atoms with van der Waals surface area (Å²) < 4.78 is 11.9. The molecule has 0 unspecified atom stereocenters. The minimum absolute atomic E-state index is 0.210. The summed E-state index contributed by atoms with van der Waals surface area (Å²) in [4.78, 5) is 12.2. The number of hydrogen-bond acceptors (Lipinski definition) is 3. The summed E-state index contributed by atoms with van der Waals surface area (Å²) in [7, 11) is 3.15. The number of halogens is 2. The van der Waals surface area contributed by atoms with E-state index in [1.165, 1.54) is 0 Å². The van der Waals surface area contributed by atoms with Crippen LogP contribution in [-0.4, -0.2) is 20.1 Å². The van der Waals surface area contributed by atoms with Gasteiger partial charge in [0.05, 0.1) is 18.7 Å². The van der Waals surface area contributed by atoms with Crippen molar-refractivity contribution in [1.29, 1.82) is 0 Å². The Hall–Kier alpha value is -1.53. The number of rotatable bonds is 4. The molecule has 4 nitrogen and oxygen atoms in total. The van der Waals surface area contributed by atoms with Gasteiger partial charge < -0.3 is 14.8 Å². The van der Waals surface area contributed by atoms with E-state index in [2.05, 4.69) is 37.2 Å². The fourth-order valence-electron chi connectivity index (χ4n) is 1.76. The number of carbonyl (C=O) groups excluding carboxylic acids is 1. The van der Waals surface area contributed by atoms with Gasteiger partial charge in [0.15, 0.2) is 0 Å². The number of amides is 1. The maximum absolute atomic E-state index is 12.2. The molecule has 0 aliphatic rings. The fourth-order valence-corrected chi connectivity index (χ4v) is 2.78. The molecule has 2 aromatic carbocycles. The average molecular weight is 415 g/mol. The maximum Gasteiger partial charge on any atom is 0.255 e. The summed E-state index contributed by atoms with van der Waals surface area (Å²) in [5, 5.41) is 2.83. The third-order valence-corrected chi connectivity index (χ3v) is 3.86. The van der Waals surface area contributed by atoms with Crippen molar-refractivity contribution in [3.05, 3.63) is 50.9 Å². The number of benzene rings is 2. The fraction of sp³-hybridized carbons (Fsp3) is 0.133.